The Hall–Kier alpha value is -0.230. The average molecular weight is 348 g/mol. The first-order chi connectivity index (χ1) is 10.0. The van der Waals surface area contributed by atoms with Crippen LogP contribution in [0.4, 0.5) is 0 Å². The van der Waals surface area contributed by atoms with Crippen molar-refractivity contribution in [2.24, 2.45) is 0 Å². The molecular weight excluding hydrogens is 326 g/mol. The van der Waals surface area contributed by atoms with Gasteiger partial charge in [0.1, 0.15) is 0 Å². The van der Waals surface area contributed by atoms with Crippen molar-refractivity contribution in [1.29, 1.82) is 0 Å². The normalized spacial score (nSPS) is 20.6. The summed E-state index contributed by atoms with van der Waals surface area (Å²) in [5.41, 5.74) is 2.03. The minimum absolute atomic E-state index is 0.347. The van der Waals surface area contributed by atoms with Crippen LogP contribution in [-0.2, 0) is 22.3 Å². The molecule has 1 aromatic carbocycles. The third-order valence-corrected chi connectivity index (χ3v) is 7.42. The average Bonchev–Trinajstić information content (AvgIpc) is 2.54. The Labute approximate surface area is 137 Å². The van der Waals surface area contributed by atoms with E-state index in [0.29, 0.717) is 29.1 Å². The molecule has 1 heterocycles. The molecule has 3 nitrogen and oxygen atoms in total. The number of halogens is 1. The highest BCUT2D eigenvalue weighted by Gasteiger charge is 2.30. The van der Waals surface area contributed by atoms with Crippen molar-refractivity contribution in [2.45, 2.75) is 42.7 Å². The van der Waals surface area contributed by atoms with Crippen LogP contribution in [0.25, 0.3) is 0 Å². The smallest absolute Gasteiger partial charge is 0.207 e. The molecule has 2 rings (SSSR count). The van der Waals surface area contributed by atoms with E-state index in [4.69, 9.17) is 11.6 Å². The Balaban J connectivity index is 2.30. The summed E-state index contributed by atoms with van der Waals surface area (Å²) >= 11 is 7.82. The molecule has 1 fully saturated rings. The molecule has 1 aromatic rings. The van der Waals surface area contributed by atoms with Crippen LogP contribution in [0.15, 0.2) is 23.1 Å². The summed E-state index contributed by atoms with van der Waals surface area (Å²) in [5, 5.41) is 0.399. The van der Waals surface area contributed by atoms with E-state index in [1.165, 1.54) is 0 Å². The molecule has 0 radical (unpaired) electrons. The monoisotopic (exact) mass is 347 g/mol. The van der Waals surface area contributed by atoms with Crippen LogP contribution in [0.5, 0.6) is 0 Å². The lowest BCUT2D eigenvalue weighted by Gasteiger charge is -2.31. The molecule has 1 saturated heterocycles. The molecule has 21 heavy (non-hydrogen) atoms. The van der Waals surface area contributed by atoms with Crippen LogP contribution in [0.2, 0.25) is 0 Å². The maximum atomic E-state index is 12.8. The zero-order valence-electron chi connectivity index (χ0n) is 12.5. The van der Waals surface area contributed by atoms with E-state index in [9.17, 15) is 8.42 Å². The molecule has 0 aliphatic carbocycles. The lowest BCUT2D eigenvalue weighted by Crippen LogP contribution is -2.41. The van der Waals surface area contributed by atoms with Gasteiger partial charge in [-0.2, -0.15) is 16.1 Å². The number of aryl methyl sites for hydroxylation is 1. The van der Waals surface area contributed by atoms with Gasteiger partial charge in [-0.05, 0) is 36.1 Å². The van der Waals surface area contributed by atoms with E-state index in [-0.39, 0.29) is 0 Å². The summed E-state index contributed by atoms with van der Waals surface area (Å²) in [4.78, 5) is 0.372. The summed E-state index contributed by atoms with van der Waals surface area (Å²) in [5.74, 6) is 1.22. The zero-order chi connectivity index (χ0) is 15.5. The van der Waals surface area contributed by atoms with E-state index in [0.717, 1.165) is 29.7 Å². The van der Waals surface area contributed by atoms with Crippen molar-refractivity contribution in [2.75, 3.05) is 18.8 Å². The van der Waals surface area contributed by atoms with Crippen LogP contribution >= 0.6 is 23.4 Å². The first-order valence-corrected chi connectivity index (χ1v) is 10.3. The Morgan fingerprint density at radius 2 is 2.10 bits per heavy atom. The van der Waals surface area contributed by atoms with Gasteiger partial charge in [0, 0.05) is 30.0 Å². The van der Waals surface area contributed by atoms with Gasteiger partial charge in [-0.15, -0.1) is 11.6 Å². The predicted molar refractivity (Wildman–Crippen MR) is 90.7 cm³/mol. The first-order valence-electron chi connectivity index (χ1n) is 7.32. The summed E-state index contributed by atoms with van der Waals surface area (Å²) in [6.07, 6.45) is 1.86. The van der Waals surface area contributed by atoms with Crippen LogP contribution in [0, 0.1) is 0 Å². The van der Waals surface area contributed by atoms with Gasteiger partial charge in [0.15, 0.2) is 0 Å². The van der Waals surface area contributed by atoms with Gasteiger partial charge in [0.05, 0.1) is 4.90 Å². The van der Waals surface area contributed by atoms with Crippen LogP contribution in [0.1, 0.15) is 31.4 Å². The number of alkyl halides is 1. The van der Waals surface area contributed by atoms with Gasteiger partial charge in [-0.3, -0.25) is 0 Å². The maximum Gasteiger partial charge on any atom is 0.243 e. The third-order valence-electron chi connectivity index (χ3n) is 3.90. The van der Waals surface area contributed by atoms with Crippen molar-refractivity contribution in [3.8, 4) is 0 Å². The standard InChI is InChI=1S/C15H22ClNO2S2/c1-3-12-5-6-15(9-13(12)10-16)21(18,19)17-7-8-20-14(4-2)11-17/h5-6,9,14H,3-4,7-8,10-11H2,1-2H3. The molecule has 0 aromatic heterocycles. The van der Waals surface area contributed by atoms with Gasteiger partial charge in [-0.25, -0.2) is 8.42 Å². The molecule has 0 amide bonds. The van der Waals surface area contributed by atoms with Gasteiger partial charge in [0.25, 0.3) is 0 Å². The number of hydrogen-bond donors (Lipinski definition) is 0. The largest absolute Gasteiger partial charge is 0.243 e. The minimum Gasteiger partial charge on any atom is -0.207 e. The Morgan fingerprint density at radius 1 is 1.33 bits per heavy atom. The van der Waals surface area contributed by atoms with Crippen LogP contribution in [0.3, 0.4) is 0 Å². The molecule has 1 atom stereocenters. The molecule has 0 bridgehead atoms. The molecule has 0 spiro atoms. The van der Waals surface area contributed by atoms with E-state index >= 15 is 0 Å². The van der Waals surface area contributed by atoms with Crippen molar-refractivity contribution in [3.63, 3.8) is 0 Å². The highest BCUT2D eigenvalue weighted by Crippen LogP contribution is 2.27. The molecule has 6 heteroatoms. The zero-order valence-corrected chi connectivity index (χ0v) is 14.9. The maximum absolute atomic E-state index is 12.8. The summed E-state index contributed by atoms with van der Waals surface area (Å²) < 4.78 is 27.2. The first kappa shape index (κ1) is 17.1. The van der Waals surface area contributed by atoms with E-state index in [1.807, 2.05) is 24.8 Å². The number of nitrogens with zero attached hydrogens (tertiary/aromatic N) is 1. The SMILES string of the molecule is CCc1ccc(S(=O)(=O)N2CCSC(CC)C2)cc1CCl. The quantitative estimate of drug-likeness (QED) is 0.765. The molecule has 0 saturated carbocycles. The minimum atomic E-state index is -3.40. The molecule has 1 aliphatic rings. The van der Waals surface area contributed by atoms with Crippen molar-refractivity contribution >= 4 is 33.4 Å². The highest BCUT2D eigenvalue weighted by atomic mass is 35.5. The van der Waals surface area contributed by atoms with Gasteiger partial charge >= 0.3 is 0 Å². The number of benzene rings is 1. The van der Waals surface area contributed by atoms with Gasteiger partial charge < -0.3 is 0 Å². The fourth-order valence-corrected chi connectivity index (χ4v) is 5.71. The van der Waals surface area contributed by atoms with Gasteiger partial charge in [-0.1, -0.05) is 19.9 Å². The van der Waals surface area contributed by atoms with Gasteiger partial charge in [0.2, 0.25) is 10.0 Å². The third kappa shape index (κ3) is 3.76. The second-order valence-electron chi connectivity index (χ2n) is 5.18. The molecule has 1 unspecified atom stereocenters. The number of thioether (sulfide) groups is 1. The van der Waals surface area contributed by atoms with Crippen LogP contribution in [-0.4, -0.2) is 36.8 Å². The second-order valence-corrected chi connectivity index (χ2v) is 8.80. The number of sulfonamides is 1. The van der Waals surface area contributed by atoms with E-state index in [2.05, 4.69) is 6.92 Å². The fraction of sp³-hybridized carbons (Fsp3) is 0.600. The highest BCUT2D eigenvalue weighted by molar-refractivity contribution is 8.00. The second kappa shape index (κ2) is 7.36. The topological polar surface area (TPSA) is 37.4 Å². The Bertz CT molecular complexity index is 589. The molecular formula is C15H22ClNO2S2. The summed E-state index contributed by atoms with van der Waals surface area (Å²) in [6, 6.07) is 5.34. The van der Waals surface area contributed by atoms with Crippen molar-refractivity contribution in [1.82, 2.24) is 4.31 Å². The van der Waals surface area contributed by atoms with E-state index in [1.54, 1.807) is 16.4 Å². The molecule has 0 N–H and O–H groups in total. The summed E-state index contributed by atoms with van der Waals surface area (Å²) in [7, 11) is -3.40. The predicted octanol–water partition coefficient (Wildman–Crippen LogP) is 3.50. The van der Waals surface area contributed by atoms with Crippen molar-refractivity contribution < 1.29 is 8.42 Å². The van der Waals surface area contributed by atoms with E-state index < -0.39 is 10.0 Å². The van der Waals surface area contributed by atoms with Crippen LogP contribution < -0.4 is 0 Å². The molecule has 1 aliphatic heterocycles. The summed E-state index contributed by atoms with van der Waals surface area (Å²) in [6.45, 7) is 5.35. The van der Waals surface area contributed by atoms with Crippen molar-refractivity contribution in [3.05, 3.63) is 29.3 Å². The Kier molecular flexibility index (Phi) is 6.00. The lowest BCUT2D eigenvalue weighted by molar-refractivity contribution is 0.416. The fourth-order valence-electron chi connectivity index (χ4n) is 2.54. The lowest BCUT2D eigenvalue weighted by atomic mass is 10.1. The molecule has 118 valence electrons. The number of rotatable bonds is 5. The number of hydrogen-bond acceptors (Lipinski definition) is 3. The Morgan fingerprint density at radius 3 is 2.71 bits per heavy atom.